The summed E-state index contributed by atoms with van der Waals surface area (Å²) in [5.41, 5.74) is 1.74. The molecule has 3 aliphatic rings. The Morgan fingerprint density at radius 1 is 1.33 bits per heavy atom. The van der Waals surface area contributed by atoms with Crippen LogP contribution in [-0.2, 0) is 14.9 Å². The molecule has 7 heteroatoms. The van der Waals surface area contributed by atoms with Crippen LogP contribution in [0.3, 0.4) is 0 Å². The molecule has 5 rings (SSSR count). The van der Waals surface area contributed by atoms with Crippen molar-refractivity contribution in [2.75, 3.05) is 13.7 Å². The fourth-order valence-electron chi connectivity index (χ4n) is 3.88. The number of ether oxygens (including phenoxy) is 3. The minimum atomic E-state index is -0.501. The van der Waals surface area contributed by atoms with E-state index in [9.17, 15) is 4.79 Å². The number of carbonyl (C=O) groups excluding carboxylic acids is 1. The number of rotatable bonds is 4. The molecule has 2 aliphatic heterocycles. The predicted molar refractivity (Wildman–Crippen MR) is 85.4 cm³/mol. The topological polar surface area (TPSA) is 75.0 Å². The summed E-state index contributed by atoms with van der Waals surface area (Å²) >= 11 is 0. The van der Waals surface area contributed by atoms with Crippen LogP contribution in [0.15, 0.2) is 12.4 Å². The van der Waals surface area contributed by atoms with Crippen molar-refractivity contribution in [1.82, 2.24) is 14.4 Å². The maximum atomic E-state index is 11.9. The minimum absolute atomic E-state index is 0.0114. The number of hydrogen-bond donors (Lipinski definition) is 0. The maximum Gasteiger partial charge on any atom is 0.358 e. The van der Waals surface area contributed by atoms with Crippen LogP contribution >= 0.6 is 0 Å². The van der Waals surface area contributed by atoms with Gasteiger partial charge in [-0.1, -0.05) is 0 Å². The van der Waals surface area contributed by atoms with E-state index in [0.29, 0.717) is 18.1 Å². The molecule has 0 radical (unpaired) electrons. The zero-order valence-corrected chi connectivity index (χ0v) is 14.3. The smallest absolute Gasteiger partial charge is 0.358 e. The van der Waals surface area contributed by atoms with Crippen molar-refractivity contribution < 1.29 is 19.0 Å². The van der Waals surface area contributed by atoms with Crippen LogP contribution in [0.2, 0.25) is 0 Å². The van der Waals surface area contributed by atoms with Gasteiger partial charge in [0.05, 0.1) is 31.1 Å². The molecule has 7 nitrogen and oxygen atoms in total. The van der Waals surface area contributed by atoms with Crippen molar-refractivity contribution in [1.29, 1.82) is 0 Å². The van der Waals surface area contributed by atoms with Gasteiger partial charge in [0.15, 0.2) is 5.69 Å². The Bertz CT molecular complexity index is 821. The van der Waals surface area contributed by atoms with Crippen molar-refractivity contribution in [3.05, 3.63) is 23.8 Å². The number of esters is 1. The zero-order chi connectivity index (χ0) is 17.1. The Balaban J connectivity index is 1.81. The lowest BCUT2D eigenvalue weighted by Crippen LogP contribution is -2.45. The molecule has 0 amide bonds. The number of hydrogen-bond acceptors (Lipinski definition) is 6. The Hall–Kier alpha value is -2.15. The normalized spacial score (nSPS) is 28.2. The first-order valence-corrected chi connectivity index (χ1v) is 8.13. The van der Waals surface area contributed by atoms with E-state index >= 15 is 0 Å². The van der Waals surface area contributed by atoms with Gasteiger partial charge in [-0.15, -0.1) is 0 Å². The van der Waals surface area contributed by atoms with E-state index in [-0.39, 0.29) is 22.8 Å². The maximum absolute atomic E-state index is 11.9. The fraction of sp³-hybridized carbons (Fsp3) is 0.588. The highest BCUT2D eigenvalue weighted by Crippen LogP contribution is 2.58. The second kappa shape index (κ2) is 4.92. The van der Waals surface area contributed by atoms with Crippen molar-refractivity contribution in [2.45, 2.75) is 50.7 Å². The standard InChI is InChI=1S/C17H21N3O4/c1-10(2)24-14-13-19-12(17-7-16(3,8-17)23-9-17)6-20(13)5-11(18-14)15(21)22-4/h5-6,10H,7-9H2,1-4H3. The lowest BCUT2D eigenvalue weighted by molar-refractivity contribution is 0.0154. The molecule has 2 aromatic rings. The number of aromatic nitrogens is 3. The third-order valence-electron chi connectivity index (χ3n) is 4.81. The summed E-state index contributed by atoms with van der Waals surface area (Å²) in [4.78, 5) is 20.9. The first-order chi connectivity index (χ1) is 11.3. The van der Waals surface area contributed by atoms with Crippen molar-refractivity contribution >= 4 is 11.6 Å². The quantitative estimate of drug-likeness (QED) is 0.799. The average molecular weight is 331 g/mol. The Morgan fingerprint density at radius 3 is 2.67 bits per heavy atom. The monoisotopic (exact) mass is 331 g/mol. The summed E-state index contributed by atoms with van der Waals surface area (Å²) < 4.78 is 18.2. The van der Waals surface area contributed by atoms with E-state index < -0.39 is 5.97 Å². The van der Waals surface area contributed by atoms with E-state index in [2.05, 4.69) is 11.9 Å². The average Bonchev–Trinajstić information content (AvgIpc) is 3.16. The van der Waals surface area contributed by atoms with Gasteiger partial charge in [-0.25, -0.2) is 14.8 Å². The Kier molecular flexibility index (Phi) is 3.16. The lowest BCUT2D eigenvalue weighted by atomic mass is 9.62. The highest BCUT2D eigenvalue weighted by atomic mass is 16.5. The summed E-state index contributed by atoms with van der Waals surface area (Å²) in [7, 11) is 1.33. The molecule has 0 spiro atoms. The number of nitrogens with zero attached hydrogens (tertiary/aromatic N) is 3. The largest absolute Gasteiger partial charge is 0.472 e. The van der Waals surface area contributed by atoms with E-state index in [4.69, 9.17) is 19.2 Å². The number of imidazole rings is 1. The van der Waals surface area contributed by atoms with Crippen molar-refractivity contribution in [3.8, 4) is 5.88 Å². The molecule has 2 aromatic heterocycles. The molecular weight excluding hydrogens is 310 g/mol. The highest BCUT2D eigenvalue weighted by Gasteiger charge is 2.61. The molecule has 2 saturated heterocycles. The molecule has 2 bridgehead atoms. The summed E-state index contributed by atoms with van der Waals surface area (Å²) in [5, 5.41) is 0. The van der Waals surface area contributed by atoms with Crippen LogP contribution in [0.25, 0.3) is 5.65 Å². The zero-order valence-electron chi connectivity index (χ0n) is 14.3. The first kappa shape index (κ1) is 15.4. The molecule has 1 aliphatic carbocycles. The van der Waals surface area contributed by atoms with Crippen LogP contribution in [-0.4, -0.2) is 45.8 Å². The fourth-order valence-corrected chi connectivity index (χ4v) is 3.88. The van der Waals surface area contributed by atoms with Crippen molar-refractivity contribution in [2.24, 2.45) is 0 Å². The van der Waals surface area contributed by atoms with Gasteiger partial charge in [-0.05, 0) is 33.6 Å². The lowest BCUT2D eigenvalue weighted by Gasteiger charge is -2.41. The second-order valence-electron chi connectivity index (χ2n) is 7.32. The Morgan fingerprint density at radius 2 is 2.08 bits per heavy atom. The van der Waals surface area contributed by atoms with E-state index in [1.54, 1.807) is 10.6 Å². The molecule has 4 heterocycles. The molecule has 3 fully saturated rings. The van der Waals surface area contributed by atoms with Crippen LogP contribution in [0, 0.1) is 0 Å². The van der Waals surface area contributed by atoms with Gasteiger partial charge in [0.1, 0.15) is 0 Å². The van der Waals surface area contributed by atoms with Crippen LogP contribution in [0.5, 0.6) is 5.88 Å². The SMILES string of the molecule is COC(=O)c1cn2cc(C34COC(C)(C3)C4)nc2c(OC(C)C)n1. The third-order valence-corrected chi connectivity index (χ3v) is 4.81. The number of methoxy groups -OCH3 is 1. The van der Waals surface area contributed by atoms with Gasteiger partial charge in [0.25, 0.3) is 5.88 Å². The highest BCUT2D eigenvalue weighted by molar-refractivity contribution is 5.87. The number of carbonyl (C=O) groups is 1. The molecule has 24 heavy (non-hydrogen) atoms. The van der Waals surface area contributed by atoms with E-state index in [1.807, 2.05) is 20.0 Å². The first-order valence-electron chi connectivity index (χ1n) is 8.13. The molecule has 0 N–H and O–H groups in total. The molecule has 0 atom stereocenters. The van der Waals surface area contributed by atoms with Gasteiger partial charge in [0.2, 0.25) is 5.65 Å². The van der Waals surface area contributed by atoms with E-state index in [0.717, 1.165) is 18.5 Å². The second-order valence-corrected chi connectivity index (χ2v) is 7.32. The van der Waals surface area contributed by atoms with Crippen LogP contribution in [0.1, 0.15) is 49.8 Å². The van der Waals surface area contributed by atoms with Gasteiger partial charge in [-0.3, -0.25) is 4.40 Å². The molecule has 0 unspecified atom stereocenters. The summed E-state index contributed by atoms with van der Waals surface area (Å²) in [6, 6.07) is 0. The van der Waals surface area contributed by atoms with Gasteiger partial charge in [-0.2, -0.15) is 0 Å². The third kappa shape index (κ3) is 2.18. The van der Waals surface area contributed by atoms with Crippen molar-refractivity contribution in [3.63, 3.8) is 0 Å². The van der Waals surface area contributed by atoms with Crippen LogP contribution in [0.4, 0.5) is 0 Å². The minimum Gasteiger partial charge on any atom is -0.472 e. The molecule has 0 aromatic carbocycles. The van der Waals surface area contributed by atoms with Crippen LogP contribution < -0.4 is 4.74 Å². The number of fused-ring (bicyclic) bond motifs is 2. The summed E-state index contributed by atoms with van der Waals surface area (Å²) in [6.45, 7) is 6.64. The van der Waals surface area contributed by atoms with Gasteiger partial charge >= 0.3 is 5.97 Å². The predicted octanol–water partition coefficient (Wildman–Crippen LogP) is 2.12. The van der Waals surface area contributed by atoms with Gasteiger partial charge in [0, 0.05) is 17.8 Å². The molecule has 1 saturated carbocycles. The summed E-state index contributed by atoms with van der Waals surface area (Å²) in [6.07, 6.45) is 5.46. The molecule has 128 valence electrons. The van der Waals surface area contributed by atoms with E-state index in [1.165, 1.54) is 7.11 Å². The Labute approximate surface area is 139 Å². The summed E-state index contributed by atoms with van der Waals surface area (Å²) in [5.74, 6) is -0.157. The molecular formula is C17H21N3O4. The van der Waals surface area contributed by atoms with Gasteiger partial charge < -0.3 is 14.2 Å².